The number of carbonyl (C=O) groups is 5. The van der Waals surface area contributed by atoms with Crippen LogP contribution in [0.5, 0.6) is 0 Å². The predicted octanol–water partition coefficient (Wildman–Crippen LogP) is -3.15. The highest BCUT2D eigenvalue weighted by Crippen LogP contribution is 1.93. The lowest BCUT2D eigenvalue weighted by molar-refractivity contribution is -0.134. The molecular formula is C18H34N6O6. The maximum Gasteiger partial charge on any atom is 0.242 e. The third kappa shape index (κ3) is 9.65. The van der Waals surface area contributed by atoms with Crippen LogP contribution in [0.4, 0.5) is 0 Å². The first-order chi connectivity index (χ1) is 13.8. The molecule has 0 radical (unpaired) electrons. The topological polar surface area (TPSA) is 192 Å². The number of rotatable bonds is 11. The highest BCUT2D eigenvalue weighted by atomic mass is 16.3. The van der Waals surface area contributed by atoms with Gasteiger partial charge in [0.1, 0.15) is 24.2 Å². The highest BCUT2D eigenvalue weighted by molar-refractivity contribution is 5.95. The van der Waals surface area contributed by atoms with Crippen molar-refractivity contribution in [3.05, 3.63) is 0 Å². The Morgan fingerprint density at radius 2 is 0.867 bits per heavy atom. The van der Waals surface area contributed by atoms with E-state index in [2.05, 4.69) is 26.6 Å². The minimum atomic E-state index is -0.978. The molecule has 0 aromatic carbocycles. The molecule has 0 unspecified atom stereocenters. The first-order valence-electron chi connectivity index (χ1n) is 9.68. The van der Waals surface area contributed by atoms with Crippen molar-refractivity contribution in [2.75, 3.05) is 6.61 Å². The van der Waals surface area contributed by atoms with E-state index in [9.17, 15) is 24.0 Å². The first kappa shape index (κ1) is 27.3. The van der Waals surface area contributed by atoms with E-state index in [1.165, 1.54) is 34.6 Å². The summed E-state index contributed by atoms with van der Waals surface area (Å²) >= 11 is 0. The van der Waals surface area contributed by atoms with E-state index in [4.69, 9.17) is 10.8 Å². The molecule has 0 rings (SSSR count). The number of nitrogens with one attached hydrogen (secondary N) is 5. The molecule has 12 heteroatoms. The molecule has 0 saturated heterocycles. The zero-order chi connectivity index (χ0) is 23.6. The molecule has 12 nitrogen and oxygen atoms in total. The Kier molecular flexibility index (Phi) is 11.6. The van der Waals surface area contributed by atoms with Gasteiger partial charge >= 0.3 is 0 Å². The van der Waals surface area contributed by atoms with Crippen molar-refractivity contribution in [2.45, 2.75) is 77.8 Å². The van der Waals surface area contributed by atoms with Crippen molar-refractivity contribution in [1.29, 1.82) is 0 Å². The minimum absolute atomic E-state index is 0.240. The second-order valence-electron chi connectivity index (χ2n) is 7.30. The molecule has 0 bridgehead atoms. The molecule has 5 amide bonds. The second kappa shape index (κ2) is 12.8. The van der Waals surface area contributed by atoms with Gasteiger partial charge in [-0.1, -0.05) is 0 Å². The Bertz CT molecular complexity index is 641. The fourth-order valence-corrected chi connectivity index (χ4v) is 2.04. The molecule has 0 aliphatic carbocycles. The Labute approximate surface area is 176 Å². The van der Waals surface area contributed by atoms with Crippen LogP contribution >= 0.6 is 0 Å². The molecule has 0 aromatic rings. The van der Waals surface area contributed by atoms with Gasteiger partial charge in [-0.05, 0) is 41.5 Å². The van der Waals surface area contributed by atoms with Gasteiger partial charge in [-0.3, -0.25) is 24.0 Å². The van der Waals surface area contributed by atoms with Gasteiger partial charge in [0.25, 0.3) is 0 Å². The molecule has 0 saturated carbocycles. The molecule has 0 aromatic heterocycles. The smallest absolute Gasteiger partial charge is 0.242 e. The lowest BCUT2D eigenvalue weighted by Gasteiger charge is -2.22. The normalized spacial score (nSPS) is 16.7. The quantitative estimate of drug-likeness (QED) is 0.180. The predicted molar refractivity (Wildman–Crippen MR) is 109 cm³/mol. The Hall–Kier alpha value is -2.73. The Balaban J connectivity index is 4.59. The van der Waals surface area contributed by atoms with Crippen LogP contribution in [0.3, 0.4) is 0 Å². The summed E-state index contributed by atoms with van der Waals surface area (Å²) in [6.45, 7) is 8.59. The van der Waals surface area contributed by atoms with Crippen molar-refractivity contribution in [3.63, 3.8) is 0 Å². The third-order valence-electron chi connectivity index (χ3n) is 4.08. The van der Waals surface area contributed by atoms with Crippen LogP contribution in [0.2, 0.25) is 0 Å². The number of amides is 5. The van der Waals surface area contributed by atoms with Crippen LogP contribution in [0.1, 0.15) is 41.5 Å². The van der Waals surface area contributed by atoms with E-state index in [-0.39, 0.29) is 6.61 Å². The lowest BCUT2D eigenvalue weighted by atomic mass is 10.2. The van der Waals surface area contributed by atoms with Gasteiger partial charge in [0.2, 0.25) is 29.5 Å². The average molecular weight is 431 g/mol. The number of aliphatic hydroxyl groups is 1. The highest BCUT2D eigenvalue weighted by Gasteiger charge is 2.25. The molecule has 0 aliphatic heterocycles. The summed E-state index contributed by atoms with van der Waals surface area (Å²) in [6.07, 6.45) is 0. The van der Waals surface area contributed by atoms with Crippen molar-refractivity contribution in [1.82, 2.24) is 26.6 Å². The van der Waals surface area contributed by atoms with E-state index in [1.807, 2.05) is 0 Å². The second-order valence-corrected chi connectivity index (χ2v) is 7.30. The summed E-state index contributed by atoms with van der Waals surface area (Å²) in [5, 5.41) is 21.2. The zero-order valence-corrected chi connectivity index (χ0v) is 18.2. The summed E-state index contributed by atoms with van der Waals surface area (Å²) in [5.74, 6) is -2.80. The van der Waals surface area contributed by atoms with Crippen molar-refractivity contribution < 1.29 is 29.1 Å². The summed E-state index contributed by atoms with van der Waals surface area (Å²) in [6, 6.07) is -4.97. The summed E-state index contributed by atoms with van der Waals surface area (Å²) in [5.41, 5.74) is 5.42. The molecule has 0 heterocycles. The molecule has 0 aliphatic rings. The molecule has 0 fully saturated rings. The van der Waals surface area contributed by atoms with Gasteiger partial charge in [0.05, 0.1) is 12.6 Å². The van der Waals surface area contributed by atoms with Gasteiger partial charge < -0.3 is 37.4 Å². The van der Waals surface area contributed by atoms with Crippen LogP contribution in [0, 0.1) is 0 Å². The number of carbonyl (C=O) groups excluding carboxylic acids is 5. The van der Waals surface area contributed by atoms with Crippen LogP contribution in [-0.4, -0.2) is 77.5 Å². The monoisotopic (exact) mass is 430 g/mol. The number of nitrogens with two attached hydrogens (primary N) is 1. The fourth-order valence-electron chi connectivity index (χ4n) is 2.04. The van der Waals surface area contributed by atoms with Crippen LogP contribution in [0.25, 0.3) is 0 Å². The molecular weight excluding hydrogens is 396 g/mol. The van der Waals surface area contributed by atoms with Crippen LogP contribution in [0.15, 0.2) is 0 Å². The molecule has 8 N–H and O–H groups in total. The number of aliphatic hydroxyl groups excluding tert-OH is 1. The summed E-state index contributed by atoms with van der Waals surface area (Å²) < 4.78 is 0. The Morgan fingerprint density at radius 3 is 1.13 bits per heavy atom. The van der Waals surface area contributed by atoms with Gasteiger partial charge in [-0.15, -0.1) is 0 Å². The standard InChI is InChI=1S/C18H34N6O6/c1-8(7-25)20-15(27)10(3)22-17(29)12(5)24-18(30)13(6)23-16(28)11(4)21-14(26)9(2)19/h8-13,25H,7,19H2,1-6H3,(H,20,27)(H,21,26)(H,22,29)(H,23,28)(H,24,30)/t8-,9-,10-,11-,12-,13-/m0/s1. The van der Waals surface area contributed by atoms with Crippen molar-refractivity contribution in [3.8, 4) is 0 Å². The van der Waals surface area contributed by atoms with Crippen LogP contribution < -0.4 is 32.3 Å². The first-order valence-corrected chi connectivity index (χ1v) is 9.68. The lowest BCUT2D eigenvalue weighted by Crippen LogP contribution is -2.57. The molecule has 30 heavy (non-hydrogen) atoms. The van der Waals surface area contributed by atoms with E-state index in [0.717, 1.165) is 0 Å². The summed E-state index contributed by atoms with van der Waals surface area (Å²) in [7, 11) is 0. The Morgan fingerprint density at radius 1 is 0.600 bits per heavy atom. The number of hydrogen-bond donors (Lipinski definition) is 7. The SMILES string of the molecule is C[C@H](N)C(=O)N[C@@H](C)C(=O)N[C@@H](C)C(=O)N[C@@H](C)C(=O)N[C@@H](C)C(=O)N[C@@H](C)CO. The third-order valence-corrected chi connectivity index (χ3v) is 4.08. The van der Waals surface area contributed by atoms with Crippen molar-refractivity contribution in [2.24, 2.45) is 5.73 Å². The van der Waals surface area contributed by atoms with Gasteiger partial charge in [-0.25, -0.2) is 0 Å². The molecule has 172 valence electrons. The largest absolute Gasteiger partial charge is 0.394 e. The van der Waals surface area contributed by atoms with Crippen LogP contribution in [-0.2, 0) is 24.0 Å². The maximum atomic E-state index is 12.2. The van der Waals surface area contributed by atoms with Crippen molar-refractivity contribution >= 4 is 29.5 Å². The average Bonchev–Trinajstić information content (AvgIpc) is 2.66. The van der Waals surface area contributed by atoms with E-state index in [0.29, 0.717) is 0 Å². The fraction of sp³-hybridized carbons (Fsp3) is 0.722. The maximum absolute atomic E-state index is 12.2. The van der Waals surface area contributed by atoms with Gasteiger partial charge in [-0.2, -0.15) is 0 Å². The molecule has 6 atom stereocenters. The van der Waals surface area contributed by atoms with Gasteiger partial charge in [0, 0.05) is 6.04 Å². The van der Waals surface area contributed by atoms with E-state index in [1.54, 1.807) is 6.92 Å². The zero-order valence-electron chi connectivity index (χ0n) is 18.2. The van der Waals surface area contributed by atoms with E-state index >= 15 is 0 Å². The molecule has 0 spiro atoms. The van der Waals surface area contributed by atoms with Gasteiger partial charge in [0.15, 0.2) is 0 Å². The minimum Gasteiger partial charge on any atom is -0.394 e. The van der Waals surface area contributed by atoms with E-state index < -0.39 is 65.8 Å². The summed E-state index contributed by atoms with van der Waals surface area (Å²) in [4.78, 5) is 59.9. The number of hydrogen-bond acceptors (Lipinski definition) is 7.